The van der Waals surface area contributed by atoms with Gasteiger partial charge in [-0.1, -0.05) is 19.4 Å². The van der Waals surface area contributed by atoms with E-state index < -0.39 is 0 Å². The smallest absolute Gasteiger partial charge is 0.231 e. The number of hydrogen-bond donors (Lipinski definition) is 0. The molecule has 0 atom stereocenters. The number of fused-ring (bicyclic) bond motifs is 1. The highest BCUT2D eigenvalue weighted by Gasteiger charge is 2.20. The summed E-state index contributed by atoms with van der Waals surface area (Å²) in [5, 5.41) is 0. The summed E-state index contributed by atoms with van der Waals surface area (Å²) in [4.78, 5) is 16.0. The van der Waals surface area contributed by atoms with Crippen LogP contribution in [0.4, 0.5) is 11.6 Å². The van der Waals surface area contributed by atoms with Crippen molar-refractivity contribution in [3.63, 3.8) is 0 Å². The van der Waals surface area contributed by atoms with E-state index in [-0.39, 0.29) is 0 Å². The summed E-state index contributed by atoms with van der Waals surface area (Å²) in [6.45, 7) is 8.46. The van der Waals surface area contributed by atoms with Crippen molar-refractivity contribution < 1.29 is 9.47 Å². The Morgan fingerprint density at radius 2 is 1.86 bits per heavy atom. The van der Waals surface area contributed by atoms with Crippen molar-refractivity contribution in [1.82, 2.24) is 14.9 Å². The molecule has 0 unspecified atom stereocenters. The number of anilines is 2. The molecule has 0 N–H and O–H groups in total. The number of ether oxygens (including phenoxy) is 2. The highest BCUT2D eigenvalue weighted by atomic mass is 16.7. The summed E-state index contributed by atoms with van der Waals surface area (Å²) >= 11 is 0. The number of unbranched alkanes of at least 4 members (excludes halogenated alkanes) is 1. The van der Waals surface area contributed by atoms with E-state index in [1.165, 1.54) is 18.4 Å². The molecule has 1 aromatic heterocycles. The fraction of sp³-hybridized carbons (Fsp3) is 0.524. The van der Waals surface area contributed by atoms with Crippen LogP contribution in [0.3, 0.4) is 0 Å². The van der Waals surface area contributed by atoms with Crippen molar-refractivity contribution >= 4 is 11.6 Å². The Labute approximate surface area is 166 Å². The van der Waals surface area contributed by atoms with Gasteiger partial charge in [0.05, 0.1) is 0 Å². The second kappa shape index (κ2) is 8.65. The number of aromatic nitrogens is 2. The van der Waals surface area contributed by atoms with Gasteiger partial charge in [0.1, 0.15) is 18.0 Å². The highest BCUT2D eigenvalue weighted by molar-refractivity contribution is 5.50. The van der Waals surface area contributed by atoms with E-state index in [2.05, 4.69) is 56.8 Å². The van der Waals surface area contributed by atoms with E-state index in [1.54, 1.807) is 6.33 Å². The normalized spacial score (nSPS) is 16.4. The zero-order valence-electron chi connectivity index (χ0n) is 16.8. The summed E-state index contributed by atoms with van der Waals surface area (Å²) in [5.74, 6) is 3.73. The van der Waals surface area contributed by atoms with Gasteiger partial charge in [0.25, 0.3) is 0 Å². The third-order valence-corrected chi connectivity index (χ3v) is 5.42. The van der Waals surface area contributed by atoms with E-state index in [0.717, 1.165) is 62.4 Å². The molecule has 28 heavy (non-hydrogen) atoms. The third kappa shape index (κ3) is 4.30. The number of hydrogen-bond acceptors (Lipinski definition) is 7. The molecule has 7 heteroatoms. The molecule has 1 aromatic carbocycles. The molecule has 2 aliphatic heterocycles. The molecule has 4 rings (SSSR count). The van der Waals surface area contributed by atoms with Gasteiger partial charge in [-0.25, -0.2) is 9.97 Å². The molecule has 150 valence electrons. The lowest BCUT2D eigenvalue weighted by Gasteiger charge is -2.35. The van der Waals surface area contributed by atoms with Crippen LogP contribution in [0.5, 0.6) is 11.5 Å². The van der Waals surface area contributed by atoms with Crippen LogP contribution in [0.1, 0.15) is 25.3 Å². The molecule has 1 saturated heterocycles. The van der Waals surface area contributed by atoms with Gasteiger partial charge < -0.3 is 19.3 Å². The van der Waals surface area contributed by atoms with Crippen molar-refractivity contribution in [3.8, 4) is 11.5 Å². The monoisotopic (exact) mass is 383 g/mol. The van der Waals surface area contributed by atoms with Crippen LogP contribution in [-0.4, -0.2) is 61.4 Å². The SMILES string of the molecule is CCCCN(C)c1cc(N2CCN(Cc3ccc4c(c3)OCO4)CC2)ncn1. The topological polar surface area (TPSA) is 54.0 Å². The standard InChI is InChI=1S/C21H29N5O2/c1-3-4-7-24(2)20-13-21(23-15-22-20)26-10-8-25(9-11-26)14-17-5-6-18-19(12-17)28-16-27-18/h5-6,12-13,15H,3-4,7-11,14,16H2,1-2H3. The molecule has 1 fully saturated rings. The Bertz CT molecular complexity index is 792. The molecule has 2 aliphatic rings. The molecule has 2 aromatic rings. The molecule has 7 nitrogen and oxygen atoms in total. The Balaban J connectivity index is 1.33. The summed E-state index contributed by atoms with van der Waals surface area (Å²) < 4.78 is 10.9. The molecule has 0 bridgehead atoms. The zero-order chi connectivity index (χ0) is 19.3. The summed E-state index contributed by atoms with van der Waals surface area (Å²) in [6, 6.07) is 8.34. The lowest BCUT2D eigenvalue weighted by molar-refractivity contribution is 0.174. The fourth-order valence-electron chi connectivity index (χ4n) is 3.66. The molecule has 3 heterocycles. The van der Waals surface area contributed by atoms with Gasteiger partial charge in [-0.15, -0.1) is 0 Å². The zero-order valence-corrected chi connectivity index (χ0v) is 16.8. The van der Waals surface area contributed by atoms with Crippen LogP contribution < -0.4 is 19.3 Å². The van der Waals surface area contributed by atoms with Gasteiger partial charge in [0.2, 0.25) is 6.79 Å². The Kier molecular flexibility index (Phi) is 5.81. The second-order valence-electron chi connectivity index (χ2n) is 7.46. The number of benzene rings is 1. The average Bonchev–Trinajstić information content (AvgIpc) is 3.20. The van der Waals surface area contributed by atoms with Crippen molar-refractivity contribution in [2.24, 2.45) is 0 Å². The third-order valence-electron chi connectivity index (χ3n) is 5.42. The van der Waals surface area contributed by atoms with Crippen LogP contribution in [-0.2, 0) is 6.54 Å². The summed E-state index contributed by atoms with van der Waals surface area (Å²) in [7, 11) is 2.10. The first-order valence-corrected chi connectivity index (χ1v) is 10.1. The van der Waals surface area contributed by atoms with Gasteiger partial charge in [0.15, 0.2) is 11.5 Å². The van der Waals surface area contributed by atoms with Crippen LogP contribution in [0, 0.1) is 0 Å². The first-order chi connectivity index (χ1) is 13.7. The quantitative estimate of drug-likeness (QED) is 0.729. The maximum atomic E-state index is 5.49. The number of nitrogens with zero attached hydrogens (tertiary/aromatic N) is 5. The van der Waals surface area contributed by atoms with E-state index in [9.17, 15) is 0 Å². The molecule has 0 aliphatic carbocycles. The Morgan fingerprint density at radius 1 is 1.04 bits per heavy atom. The largest absolute Gasteiger partial charge is 0.454 e. The predicted molar refractivity (Wildman–Crippen MR) is 110 cm³/mol. The Morgan fingerprint density at radius 3 is 2.68 bits per heavy atom. The van der Waals surface area contributed by atoms with Crippen molar-refractivity contribution in [1.29, 1.82) is 0 Å². The van der Waals surface area contributed by atoms with E-state index >= 15 is 0 Å². The lowest BCUT2D eigenvalue weighted by Crippen LogP contribution is -2.46. The van der Waals surface area contributed by atoms with Crippen LogP contribution >= 0.6 is 0 Å². The van der Waals surface area contributed by atoms with Crippen molar-refractivity contribution in [2.45, 2.75) is 26.3 Å². The molecule has 0 amide bonds. The minimum atomic E-state index is 0.325. The van der Waals surface area contributed by atoms with Crippen LogP contribution in [0.2, 0.25) is 0 Å². The first kappa shape index (κ1) is 18.8. The highest BCUT2D eigenvalue weighted by Crippen LogP contribution is 2.33. The molecular formula is C21H29N5O2. The van der Waals surface area contributed by atoms with Gasteiger partial charge in [-0.3, -0.25) is 4.90 Å². The fourth-order valence-corrected chi connectivity index (χ4v) is 3.66. The van der Waals surface area contributed by atoms with Crippen molar-refractivity contribution in [2.75, 3.05) is 56.4 Å². The number of piperazine rings is 1. The Hall–Kier alpha value is -2.54. The van der Waals surface area contributed by atoms with Gasteiger partial charge in [-0.2, -0.15) is 0 Å². The van der Waals surface area contributed by atoms with Gasteiger partial charge >= 0.3 is 0 Å². The van der Waals surface area contributed by atoms with Crippen LogP contribution in [0.15, 0.2) is 30.6 Å². The average molecular weight is 383 g/mol. The van der Waals surface area contributed by atoms with E-state index in [1.807, 2.05) is 6.07 Å². The summed E-state index contributed by atoms with van der Waals surface area (Å²) in [6.07, 6.45) is 4.05. The maximum absolute atomic E-state index is 5.49. The van der Waals surface area contributed by atoms with E-state index in [0.29, 0.717) is 6.79 Å². The minimum absolute atomic E-state index is 0.325. The molecular weight excluding hydrogens is 354 g/mol. The summed E-state index contributed by atoms with van der Waals surface area (Å²) in [5.41, 5.74) is 1.26. The second-order valence-corrected chi connectivity index (χ2v) is 7.46. The first-order valence-electron chi connectivity index (χ1n) is 10.1. The molecule has 0 spiro atoms. The molecule has 0 saturated carbocycles. The van der Waals surface area contributed by atoms with Gasteiger partial charge in [0, 0.05) is 52.4 Å². The van der Waals surface area contributed by atoms with Crippen LogP contribution in [0.25, 0.3) is 0 Å². The minimum Gasteiger partial charge on any atom is -0.454 e. The lowest BCUT2D eigenvalue weighted by atomic mass is 10.1. The number of rotatable bonds is 7. The van der Waals surface area contributed by atoms with E-state index in [4.69, 9.17) is 9.47 Å². The maximum Gasteiger partial charge on any atom is 0.231 e. The van der Waals surface area contributed by atoms with Gasteiger partial charge in [-0.05, 0) is 24.1 Å². The molecule has 0 radical (unpaired) electrons. The predicted octanol–water partition coefficient (Wildman–Crippen LogP) is 2.76. The van der Waals surface area contributed by atoms with Crippen molar-refractivity contribution in [3.05, 3.63) is 36.2 Å².